The quantitative estimate of drug-likeness (QED) is 0.404. The summed E-state index contributed by atoms with van der Waals surface area (Å²) in [5.41, 5.74) is 0.629. The van der Waals surface area contributed by atoms with Gasteiger partial charge in [-0.3, -0.25) is 14.4 Å². The van der Waals surface area contributed by atoms with Crippen LogP contribution < -0.4 is 20.7 Å². The second-order valence-electron chi connectivity index (χ2n) is 10.4. The van der Waals surface area contributed by atoms with E-state index in [0.717, 1.165) is 12.8 Å². The minimum atomic E-state index is -0.858. The molecule has 3 atom stereocenters. The molecule has 3 rings (SSSR count). The average Bonchev–Trinajstić information content (AvgIpc) is 3.24. The number of ether oxygens (including phenoxy) is 1. The van der Waals surface area contributed by atoms with Gasteiger partial charge in [-0.05, 0) is 55.7 Å². The normalized spacial score (nSPS) is 17.6. The number of hydrogen-bond acceptors (Lipinski definition) is 5. The molecule has 1 aromatic carbocycles. The molecule has 4 N–H and O–H groups in total. The molecular weight excluding hydrogens is 482 g/mol. The van der Waals surface area contributed by atoms with Crippen molar-refractivity contribution in [2.45, 2.75) is 65.0 Å². The number of amides is 3. The number of benzene rings is 1. The number of piperidine rings is 1. The first kappa shape index (κ1) is 27.3. The van der Waals surface area contributed by atoms with E-state index in [-0.39, 0.29) is 22.9 Å². The molecule has 36 heavy (non-hydrogen) atoms. The second-order valence-corrected chi connectivity index (χ2v) is 10.9. The molecule has 194 valence electrons. The van der Waals surface area contributed by atoms with Crippen LogP contribution in [0, 0.1) is 22.7 Å². The summed E-state index contributed by atoms with van der Waals surface area (Å²) >= 11 is 6.13. The van der Waals surface area contributed by atoms with Crippen molar-refractivity contribution in [3.05, 3.63) is 28.9 Å². The molecule has 0 saturated carbocycles. The van der Waals surface area contributed by atoms with Gasteiger partial charge in [-0.2, -0.15) is 5.26 Å². The number of nitriles is 1. The first-order valence-corrected chi connectivity index (χ1v) is 12.5. The Morgan fingerprint density at radius 2 is 2.03 bits per heavy atom. The lowest BCUT2D eigenvalue weighted by Crippen LogP contribution is -2.51. The van der Waals surface area contributed by atoms with Gasteiger partial charge in [0.05, 0.1) is 18.7 Å². The Hall–Kier alpha value is -3.25. The molecule has 9 nitrogen and oxygen atoms in total. The Labute approximate surface area is 216 Å². The highest BCUT2D eigenvalue weighted by atomic mass is 35.5. The minimum absolute atomic E-state index is 0.00149. The number of halogens is 1. The summed E-state index contributed by atoms with van der Waals surface area (Å²) in [6.45, 7) is 6.59. The Morgan fingerprint density at radius 3 is 2.67 bits per heavy atom. The van der Waals surface area contributed by atoms with E-state index < -0.39 is 23.9 Å². The van der Waals surface area contributed by atoms with Crippen LogP contribution in [0.4, 0.5) is 0 Å². The SMILES string of the molecule is COc1cc(Cl)cc2[nH]c(C(=O)N[C@@H](CC(C)(C)C)C(=O)N[C@H](C#N)CC[C@@H]3CCCNC3=O)cc12. The molecule has 1 fully saturated rings. The van der Waals surface area contributed by atoms with Crippen molar-refractivity contribution >= 4 is 40.2 Å². The topological polar surface area (TPSA) is 136 Å². The molecule has 0 radical (unpaired) electrons. The fraction of sp³-hybridized carbons (Fsp3) is 0.538. The van der Waals surface area contributed by atoms with Crippen LogP contribution in [0.25, 0.3) is 10.9 Å². The molecule has 1 aliphatic heterocycles. The number of nitrogens with zero attached hydrogens (tertiary/aromatic N) is 1. The third kappa shape index (κ3) is 7.14. The number of nitrogens with one attached hydrogen (secondary N) is 4. The van der Waals surface area contributed by atoms with Gasteiger partial charge in [-0.1, -0.05) is 32.4 Å². The largest absolute Gasteiger partial charge is 0.496 e. The first-order chi connectivity index (χ1) is 17.0. The highest BCUT2D eigenvalue weighted by Gasteiger charge is 2.30. The predicted octanol–water partition coefficient (Wildman–Crippen LogP) is 3.68. The maximum absolute atomic E-state index is 13.2. The van der Waals surface area contributed by atoms with Crippen LogP contribution in [0.3, 0.4) is 0 Å². The summed E-state index contributed by atoms with van der Waals surface area (Å²) in [6.07, 6.45) is 2.93. The number of aromatic amines is 1. The molecule has 0 unspecified atom stereocenters. The van der Waals surface area contributed by atoms with Gasteiger partial charge >= 0.3 is 0 Å². The van der Waals surface area contributed by atoms with Gasteiger partial charge in [0.2, 0.25) is 11.8 Å². The van der Waals surface area contributed by atoms with Gasteiger partial charge < -0.3 is 25.7 Å². The Bertz CT molecular complexity index is 1160. The van der Waals surface area contributed by atoms with Crippen molar-refractivity contribution in [2.24, 2.45) is 11.3 Å². The van der Waals surface area contributed by atoms with E-state index in [4.69, 9.17) is 16.3 Å². The van der Waals surface area contributed by atoms with Gasteiger partial charge in [-0.15, -0.1) is 0 Å². The van der Waals surface area contributed by atoms with E-state index in [1.807, 2.05) is 20.8 Å². The van der Waals surface area contributed by atoms with Crippen molar-refractivity contribution in [1.29, 1.82) is 5.26 Å². The maximum atomic E-state index is 13.2. The van der Waals surface area contributed by atoms with Crippen LogP contribution in [0.5, 0.6) is 5.75 Å². The Kier molecular flexibility index (Phi) is 8.85. The standard InChI is InChI=1S/C26H34ClN5O4/c1-26(2,3)13-21(25(35)30-17(14-28)8-7-15-6-5-9-29-23(15)33)32-24(34)20-12-18-19(31-20)10-16(27)11-22(18)36-4/h10-12,15,17,21,31H,5-9,13H2,1-4H3,(H,29,33)(H,30,35)(H,32,34)/t15-,17-,21-/m0/s1. The molecule has 2 heterocycles. The van der Waals surface area contributed by atoms with Gasteiger partial charge in [0.25, 0.3) is 5.91 Å². The van der Waals surface area contributed by atoms with Crippen molar-refractivity contribution in [1.82, 2.24) is 20.9 Å². The highest BCUT2D eigenvalue weighted by Crippen LogP contribution is 2.30. The molecule has 2 aromatic rings. The van der Waals surface area contributed by atoms with E-state index in [1.165, 1.54) is 7.11 Å². The number of carbonyl (C=O) groups excluding carboxylic acids is 3. The highest BCUT2D eigenvalue weighted by molar-refractivity contribution is 6.31. The molecule has 0 spiro atoms. The molecule has 10 heteroatoms. The van der Waals surface area contributed by atoms with Gasteiger partial charge in [0.15, 0.2) is 0 Å². The number of carbonyl (C=O) groups is 3. The zero-order valence-corrected chi connectivity index (χ0v) is 21.9. The predicted molar refractivity (Wildman–Crippen MR) is 138 cm³/mol. The fourth-order valence-electron chi connectivity index (χ4n) is 4.44. The van der Waals surface area contributed by atoms with Gasteiger partial charge in [-0.25, -0.2) is 0 Å². The molecule has 1 aromatic heterocycles. The molecule has 1 saturated heterocycles. The van der Waals surface area contributed by atoms with E-state index in [0.29, 0.717) is 47.5 Å². The molecule has 3 amide bonds. The Morgan fingerprint density at radius 1 is 1.28 bits per heavy atom. The lowest BCUT2D eigenvalue weighted by molar-refractivity contribution is -0.126. The second kappa shape index (κ2) is 11.7. The van der Waals surface area contributed by atoms with Crippen molar-refractivity contribution < 1.29 is 19.1 Å². The number of H-pyrrole nitrogens is 1. The summed E-state index contributed by atoms with van der Waals surface area (Å²) in [6, 6.07) is 5.51. The molecule has 0 aliphatic carbocycles. The van der Waals surface area contributed by atoms with Crippen LogP contribution in [0.2, 0.25) is 5.02 Å². The number of methoxy groups -OCH3 is 1. The van der Waals surface area contributed by atoms with Crippen LogP contribution >= 0.6 is 11.6 Å². The summed E-state index contributed by atoms with van der Waals surface area (Å²) in [5, 5.41) is 19.2. The third-order valence-electron chi connectivity index (χ3n) is 6.24. The van der Waals surface area contributed by atoms with Gasteiger partial charge in [0, 0.05) is 22.9 Å². The summed E-state index contributed by atoms with van der Waals surface area (Å²) in [7, 11) is 1.52. The summed E-state index contributed by atoms with van der Waals surface area (Å²) in [5.74, 6) is -0.515. The smallest absolute Gasteiger partial charge is 0.268 e. The number of hydrogen-bond donors (Lipinski definition) is 4. The minimum Gasteiger partial charge on any atom is -0.496 e. The van der Waals surface area contributed by atoms with Crippen LogP contribution in [-0.2, 0) is 9.59 Å². The number of fused-ring (bicyclic) bond motifs is 1. The van der Waals surface area contributed by atoms with E-state index in [9.17, 15) is 19.6 Å². The van der Waals surface area contributed by atoms with Crippen molar-refractivity contribution in [3.8, 4) is 11.8 Å². The monoisotopic (exact) mass is 515 g/mol. The Balaban J connectivity index is 1.71. The molecule has 1 aliphatic rings. The maximum Gasteiger partial charge on any atom is 0.268 e. The van der Waals surface area contributed by atoms with E-state index >= 15 is 0 Å². The zero-order chi connectivity index (χ0) is 26.5. The zero-order valence-electron chi connectivity index (χ0n) is 21.2. The van der Waals surface area contributed by atoms with E-state index in [2.05, 4.69) is 27.0 Å². The fourth-order valence-corrected chi connectivity index (χ4v) is 4.65. The first-order valence-electron chi connectivity index (χ1n) is 12.2. The average molecular weight is 516 g/mol. The molecular formula is C26H34ClN5O4. The number of aromatic nitrogens is 1. The lowest BCUT2D eigenvalue weighted by atomic mass is 9.87. The third-order valence-corrected chi connectivity index (χ3v) is 6.46. The summed E-state index contributed by atoms with van der Waals surface area (Å²) in [4.78, 5) is 41.4. The molecule has 0 bridgehead atoms. The van der Waals surface area contributed by atoms with Crippen molar-refractivity contribution in [3.63, 3.8) is 0 Å². The van der Waals surface area contributed by atoms with E-state index in [1.54, 1.807) is 18.2 Å². The van der Waals surface area contributed by atoms with Crippen LogP contribution in [0.15, 0.2) is 18.2 Å². The number of rotatable bonds is 9. The summed E-state index contributed by atoms with van der Waals surface area (Å²) < 4.78 is 5.36. The van der Waals surface area contributed by atoms with Crippen LogP contribution in [0.1, 0.15) is 63.4 Å². The van der Waals surface area contributed by atoms with Crippen molar-refractivity contribution in [2.75, 3.05) is 13.7 Å². The van der Waals surface area contributed by atoms with Gasteiger partial charge in [0.1, 0.15) is 23.5 Å². The van der Waals surface area contributed by atoms with Crippen LogP contribution in [-0.4, -0.2) is 48.4 Å². The lowest BCUT2D eigenvalue weighted by Gasteiger charge is -2.27.